The van der Waals surface area contributed by atoms with Crippen LogP contribution in [0.25, 0.3) is 0 Å². The van der Waals surface area contributed by atoms with E-state index in [4.69, 9.17) is 4.74 Å². The van der Waals surface area contributed by atoms with Crippen LogP contribution in [-0.2, 0) is 4.79 Å². The Balaban J connectivity index is 0.00000176. The van der Waals surface area contributed by atoms with Gasteiger partial charge in [0, 0.05) is 22.6 Å². The van der Waals surface area contributed by atoms with Crippen LogP contribution in [0.15, 0.2) is 22.7 Å². The number of piperidine rings is 1. The molecule has 2 aliphatic heterocycles. The minimum atomic E-state index is -0.475. The van der Waals surface area contributed by atoms with Gasteiger partial charge in [-0.15, -0.1) is 12.4 Å². The summed E-state index contributed by atoms with van der Waals surface area (Å²) in [5.41, 5.74) is 0. The van der Waals surface area contributed by atoms with E-state index in [9.17, 15) is 9.18 Å². The fourth-order valence-electron chi connectivity index (χ4n) is 3.18. The van der Waals surface area contributed by atoms with E-state index in [2.05, 4.69) is 26.6 Å². The molecule has 0 aromatic heterocycles. The molecule has 2 N–H and O–H groups in total. The van der Waals surface area contributed by atoms with Crippen molar-refractivity contribution < 1.29 is 13.9 Å². The zero-order valence-electron chi connectivity index (χ0n) is 12.0. The van der Waals surface area contributed by atoms with Gasteiger partial charge in [0.2, 0.25) is 0 Å². The van der Waals surface area contributed by atoms with Gasteiger partial charge < -0.3 is 15.4 Å². The molecule has 2 unspecified atom stereocenters. The van der Waals surface area contributed by atoms with E-state index in [-0.39, 0.29) is 36.7 Å². The molecule has 0 aliphatic carbocycles. The van der Waals surface area contributed by atoms with Crippen LogP contribution in [0.2, 0.25) is 0 Å². The Labute approximate surface area is 143 Å². The zero-order chi connectivity index (χ0) is 14.8. The molecule has 122 valence electrons. The number of fused-ring (bicyclic) bond motifs is 2. The van der Waals surface area contributed by atoms with Gasteiger partial charge in [-0.2, -0.15) is 0 Å². The average molecular weight is 394 g/mol. The molecule has 7 heteroatoms. The van der Waals surface area contributed by atoms with Crippen molar-refractivity contribution in [3.63, 3.8) is 0 Å². The van der Waals surface area contributed by atoms with Gasteiger partial charge in [-0.3, -0.25) is 4.79 Å². The highest BCUT2D eigenvalue weighted by Crippen LogP contribution is 2.26. The molecule has 4 nitrogen and oxygen atoms in total. The third-order valence-electron chi connectivity index (χ3n) is 4.09. The van der Waals surface area contributed by atoms with Gasteiger partial charge in [0.15, 0.2) is 18.2 Å². The topological polar surface area (TPSA) is 50.4 Å². The number of benzene rings is 1. The molecule has 0 spiro atoms. The highest BCUT2D eigenvalue weighted by Gasteiger charge is 2.33. The van der Waals surface area contributed by atoms with Gasteiger partial charge in [0.1, 0.15) is 0 Å². The largest absolute Gasteiger partial charge is 0.481 e. The van der Waals surface area contributed by atoms with Crippen LogP contribution in [-0.4, -0.2) is 30.6 Å². The first-order chi connectivity index (χ1) is 10.1. The van der Waals surface area contributed by atoms with E-state index in [1.54, 1.807) is 6.07 Å². The van der Waals surface area contributed by atoms with Crippen LogP contribution in [0.3, 0.4) is 0 Å². The average Bonchev–Trinajstić information content (AvgIpc) is 2.77. The maximum absolute atomic E-state index is 13.6. The molecule has 1 aromatic rings. The monoisotopic (exact) mass is 392 g/mol. The molecule has 2 saturated heterocycles. The van der Waals surface area contributed by atoms with Crippen molar-refractivity contribution in [1.82, 2.24) is 10.6 Å². The normalized spacial score (nSPS) is 26.2. The number of carbonyl (C=O) groups excluding carboxylic acids is 1. The van der Waals surface area contributed by atoms with Gasteiger partial charge in [-0.05, 0) is 43.9 Å². The quantitative estimate of drug-likeness (QED) is 0.827. The van der Waals surface area contributed by atoms with Crippen LogP contribution < -0.4 is 15.4 Å². The number of carbonyl (C=O) groups is 1. The second kappa shape index (κ2) is 7.62. The van der Waals surface area contributed by atoms with E-state index in [0.717, 1.165) is 12.8 Å². The van der Waals surface area contributed by atoms with E-state index >= 15 is 0 Å². The molecule has 0 saturated carbocycles. The number of hydrogen-bond acceptors (Lipinski definition) is 3. The summed E-state index contributed by atoms with van der Waals surface area (Å²) in [5, 5.41) is 6.51. The molecule has 1 aromatic carbocycles. The lowest BCUT2D eigenvalue weighted by molar-refractivity contribution is -0.124. The van der Waals surface area contributed by atoms with Gasteiger partial charge in [-0.25, -0.2) is 4.39 Å². The Morgan fingerprint density at radius 2 is 2.05 bits per heavy atom. The van der Waals surface area contributed by atoms with Crippen LogP contribution >= 0.6 is 28.3 Å². The van der Waals surface area contributed by atoms with E-state index < -0.39 is 5.82 Å². The summed E-state index contributed by atoms with van der Waals surface area (Å²) >= 11 is 3.18. The van der Waals surface area contributed by atoms with Gasteiger partial charge >= 0.3 is 0 Å². The number of nitrogens with one attached hydrogen (secondary N) is 2. The summed E-state index contributed by atoms with van der Waals surface area (Å²) in [5.74, 6) is -0.570. The van der Waals surface area contributed by atoms with Gasteiger partial charge in [0.25, 0.3) is 5.91 Å². The predicted octanol–water partition coefficient (Wildman–Crippen LogP) is 2.79. The molecule has 2 aliphatic rings. The molecular weight excluding hydrogens is 375 g/mol. The third-order valence-corrected chi connectivity index (χ3v) is 4.58. The number of amides is 1. The third kappa shape index (κ3) is 4.33. The number of ether oxygens (including phenoxy) is 1. The number of halogens is 3. The Kier molecular flexibility index (Phi) is 6.06. The van der Waals surface area contributed by atoms with Gasteiger partial charge in [0.05, 0.1) is 0 Å². The molecule has 0 radical (unpaired) electrons. The summed E-state index contributed by atoms with van der Waals surface area (Å²) < 4.78 is 19.5. The molecule has 3 rings (SSSR count). The summed E-state index contributed by atoms with van der Waals surface area (Å²) in [6.45, 7) is -0.155. The molecule has 2 atom stereocenters. The van der Waals surface area contributed by atoms with Crippen LogP contribution in [0, 0.1) is 5.82 Å². The zero-order valence-corrected chi connectivity index (χ0v) is 14.4. The maximum atomic E-state index is 13.6. The molecule has 1 amide bonds. The Morgan fingerprint density at radius 3 is 2.68 bits per heavy atom. The van der Waals surface area contributed by atoms with Crippen LogP contribution in [0.4, 0.5) is 4.39 Å². The standard InChI is InChI=1S/C15H18BrFN2O2.ClH/c16-9-1-4-14(13(17)5-9)21-8-15(20)19-12-6-10-2-3-11(7-12)18-10;/h1,4-5,10-12,18H,2-3,6-8H2,(H,19,20);1H. The lowest BCUT2D eigenvalue weighted by atomic mass is 10.00. The SMILES string of the molecule is Cl.O=C(COc1ccc(Br)cc1F)NC1CC2CCC(C1)N2. The molecular formula is C15H19BrClFN2O2. The van der Waals surface area contributed by atoms with Gasteiger partial charge in [-0.1, -0.05) is 15.9 Å². The summed E-state index contributed by atoms with van der Waals surface area (Å²) in [6.07, 6.45) is 4.32. The first kappa shape index (κ1) is 17.5. The van der Waals surface area contributed by atoms with Crippen molar-refractivity contribution in [2.45, 2.75) is 43.8 Å². The summed E-state index contributed by atoms with van der Waals surface area (Å²) in [4.78, 5) is 11.9. The minimum absolute atomic E-state index is 0. The van der Waals surface area contributed by atoms with E-state index in [1.807, 2.05) is 0 Å². The number of rotatable bonds is 4. The van der Waals surface area contributed by atoms with Crippen molar-refractivity contribution in [3.05, 3.63) is 28.5 Å². The highest BCUT2D eigenvalue weighted by molar-refractivity contribution is 9.10. The Bertz CT molecular complexity index is 534. The maximum Gasteiger partial charge on any atom is 0.258 e. The summed E-state index contributed by atoms with van der Waals surface area (Å²) in [6, 6.07) is 5.77. The smallest absolute Gasteiger partial charge is 0.258 e. The van der Waals surface area contributed by atoms with Crippen molar-refractivity contribution in [3.8, 4) is 5.75 Å². The Hall–Kier alpha value is -0.850. The summed E-state index contributed by atoms with van der Waals surface area (Å²) in [7, 11) is 0. The molecule has 22 heavy (non-hydrogen) atoms. The van der Waals surface area contributed by atoms with Crippen molar-refractivity contribution >= 4 is 34.2 Å². The highest BCUT2D eigenvalue weighted by atomic mass is 79.9. The van der Waals surface area contributed by atoms with E-state index in [0.29, 0.717) is 16.6 Å². The molecule has 2 bridgehead atoms. The predicted molar refractivity (Wildman–Crippen MR) is 88.0 cm³/mol. The lowest BCUT2D eigenvalue weighted by Crippen LogP contribution is -2.48. The second-order valence-corrected chi connectivity index (χ2v) is 6.65. The first-order valence-corrected chi connectivity index (χ1v) is 8.02. The lowest BCUT2D eigenvalue weighted by Gasteiger charge is -2.29. The van der Waals surface area contributed by atoms with Crippen molar-refractivity contribution in [2.24, 2.45) is 0 Å². The van der Waals surface area contributed by atoms with Crippen LogP contribution in [0.5, 0.6) is 5.75 Å². The molecule has 2 heterocycles. The van der Waals surface area contributed by atoms with Crippen molar-refractivity contribution in [1.29, 1.82) is 0 Å². The van der Waals surface area contributed by atoms with E-state index in [1.165, 1.54) is 25.0 Å². The number of hydrogen-bond donors (Lipinski definition) is 2. The van der Waals surface area contributed by atoms with Crippen LogP contribution in [0.1, 0.15) is 25.7 Å². The minimum Gasteiger partial charge on any atom is -0.481 e. The second-order valence-electron chi connectivity index (χ2n) is 5.74. The molecule has 2 fully saturated rings. The van der Waals surface area contributed by atoms with Crippen molar-refractivity contribution in [2.75, 3.05) is 6.61 Å². The first-order valence-electron chi connectivity index (χ1n) is 7.23. The Morgan fingerprint density at radius 1 is 1.36 bits per heavy atom. The fourth-order valence-corrected chi connectivity index (χ4v) is 3.51. The fraction of sp³-hybridized carbons (Fsp3) is 0.533.